The van der Waals surface area contributed by atoms with E-state index in [0.29, 0.717) is 6.61 Å². The van der Waals surface area contributed by atoms with Gasteiger partial charge in [-0.2, -0.15) is 0 Å². The number of piperidine rings is 1. The fraction of sp³-hybridized carbons (Fsp3) is 0.533. The standard InChI is InChI=1S/C15H22N2O2S/c1-20-13-7-5-12(6-8-13)19-11-10-17-9-3-2-4-14(17)15(16)18/h5-8,14H,2-4,9-11H2,1H3,(H2,16,18)/t14-/m0/s1. The number of amides is 1. The van der Waals surface area contributed by atoms with E-state index in [1.165, 1.54) is 4.90 Å². The number of nitrogens with zero attached hydrogens (tertiary/aromatic N) is 1. The second kappa shape index (κ2) is 7.55. The van der Waals surface area contributed by atoms with Crippen LogP contribution in [0.5, 0.6) is 5.75 Å². The molecule has 4 nitrogen and oxygen atoms in total. The maximum atomic E-state index is 11.4. The predicted molar refractivity (Wildman–Crippen MR) is 82.1 cm³/mol. The molecule has 1 atom stereocenters. The number of thioether (sulfide) groups is 1. The normalized spacial score (nSPS) is 19.8. The number of benzene rings is 1. The molecular weight excluding hydrogens is 272 g/mol. The molecule has 1 heterocycles. The number of hydrogen-bond donors (Lipinski definition) is 1. The summed E-state index contributed by atoms with van der Waals surface area (Å²) in [5.41, 5.74) is 5.45. The Morgan fingerprint density at radius 1 is 1.40 bits per heavy atom. The first-order valence-electron chi connectivity index (χ1n) is 7.01. The summed E-state index contributed by atoms with van der Waals surface area (Å²) in [6.07, 6.45) is 5.14. The van der Waals surface area contributed by atoms with E-state index in [-0.39, 0.29) is 11.9 Å². The summed E-state index contributed by atoms with van der Waals surface area (Å²) in [5.74, 6) is 0.657. The van der Waals surface area contributed by atoms with E-state index in [1.807, 2.05) is 24.3 Å². The molecule has 2 rings (SSSR count). The van der Waals surface area contributed by atoms with Gasteiger partial charge in [-0.05, 0) is 49.9 Å². The van der Waals surface area contributed by atoms with E-state index < -0.39 is 0 Å². The van der Waals surface area contributed by atoms with Crippen molar-refractivity contribution < 1.29 is 9.53 Å². The third kappa shape index (κ3) is 4.15. The quantitative estimate of drug-likeness (QED) is 0.817. The largest absolute Gasteiger partial charge is 0.492 e. The van der Waals surface area contributed by atoms with Crippen LogP contribution in [0.3, 0.4) is 0 Å². The maximum Gasteiger partial charge on any atom is 0.234 e. The first-order chi connectivity index (χ1) is 9.70. The summed E-state index contributed by atoms with van der Waals surface area (Å²) in [6, 6.07) is 7.94. The SMILES string of the molecule is CSc1ccc(OCCN2CCCC[C@H]2C(N)=O)cc1. The zero-order chi connectivity index (χ0) is 14.4. The minimum Gasteiger partial charge on any atom is -0.492 e. The summed E-state index contributed by atoms with van der Waals surface area (Å²) in [6.45, 7) is 2.27. The number of carbonyl (C=O) groups excluding carboxylic acids is 1. The van der Waals surface area contributed by atoms with Crippen molar-refractivity contribution in [3.05, 3.63) is 24.3 Å². The fourth-order valence-corrected chi connectivity index (χ4v) is 2.94. The highest BCUT2D eigenvalue weighted by Gasteiger charge is 2.26. The van der Waals surface area contributed by atoms with Crippen molar-refractivity contribution in [2.24, 2.45) is 5.73 Å². The average Bonchev–Trinajstić information content (AvgIpc) is 2.48. The van der Waals surface area contributed by atoms with Gasteiger partial charge in [0.15, 0.2) is 0 Å². The van der Waals surface area contributed by atoms with Crippen LogP contribution in [0, 0.1) is 0 Å². The maximum absolute atomic E-state index is 11.4. The van der Waals surface area contributed by atoms with E-state index in [9.17, 15) is 4.79 Å². The smallest absolute Gasteiger partial charge is 0.234 e. The molecule has 1 aromatic carbocycles. The third-order valence-corrected chi connectivity index (χ3v) is 4.39. The van der Waals surface area contributed by atoms with Gasteiger partial charge in [0.05, 0.1) is 6.04 Å². The first kappa shape index (κ1) is 15.2. The molecule has 0 spiro atoms. The van der Waals surface area contributed by atoms with Gasteiger partial charge in [-0.25, -0.2) is 0 Å². The van der Waals surface area contributed by atoms with Crippen molar-refractivity contribution in [1.82, 2.24) is 4.90 Å². The molecule has 1 aliphatic rings. The van der Waals surface area contributed by atoms with E-state index in [4.69, 9.17) is 10.5 Å². The molecular formula is C15H22N2O2S. The zero-order valence-electron chi connectivity index (χ0n) is 11.9. The van der Waals surface area contributed by atoms with Crippen LogP contribution in [-0.4, -0.2) is 42.8 Å². The number of hydrogen-bond acceptors (Lipinski definition) is 4. The fourth-order valence-electron chi connectivity index (χ4n) is 2.53. The molecule has 0 aliphatic carbocycles. The van der Waals surface area contributed by atoms with Gasteiger partial charge in [-0.1, -0.05) is 6.42 Å². The Morgan fingerprint density at radius 3 is 2.80 bits per heavy atom. The highest BCUT2D eigenvalue weighted by atomic mass is 32.2. The van der Waals surface area contributed by atoms with Crippen LogP contribution in [0.4, 0.5) is 0 Å². The molecule has 1 fully saturated rings. The van der Waals surface area contributed by atoms with Gasteiger partial charge >= 0.3 is 0 Å². The molecule has 110 valence electrons. The van der Waals surface area contributed by atoms with Crippen molar-refractivity contribution in [2.75, 3.05) is 26.0 Å². The van der Waals surface area contributed by atoms with Crippen molar-refractivity contribution in [3.63, 3.8) is 0 Å². The Balaban J connectivity index is 1.80. The molecule has 0 saturated carbocycles. The number of nitrogens with two attached hydrogens (primary N) is 1. The summed E-state index contributed by atoms with van der Waals surface area (Å²) in [4.78, 5) is 14.8. The Morgan fingerprint density at radius 2 is 2.15 bits per heavy atom. The van der Waals surface area contributed by atoms with Crippen LogP contribution in [-0.2, 0) is 4.79 Å². The molecule has 5 heteroatoms. The van der Waals surface area contributed by atoms with Crippen LogP contribution in [0.2, 0.25) is 0 Å². The van der Waals surface area contributed by atoms with Gasteiger partial charge < -0.3 is 10.5 Å². The topological polar surface area (TPSA) is 55.6 Å². The Bertz CT molecular complexity index is 436. The van der Waals surface area contributed by atoms with Gasteiger partial charge in [0.1, 0.15) is 12.4 Å². The van der Waals surface area contributed by atoms with Crippen LogP contribution in [0.25, 0.3) is 0 Å². The van der Waals surface area contributed by atoms with Crippen molar-refractivity contribution in [1.29, 1.82) is 0 Å². The van der Waals surface area contributed by atoms with Gasteiger partial charge in [0.2, 0.25) is 5.91 Å². The van der Waals surface area contributed by atoms with Crippen molar-refractivity contribution >= 4 is 17.7 Å². The summed E-state index contributed by atoms with van der Waals surface area (Å²) < 4.78 is 5.73. The molecule has 2 N–H and O–H groups in total. The lowest BCUT2D eigenvalue weighted by molar-refractivity contribution is -0.124. The summed E-state index contributed by atoms with van der Waals surface area (Å²) in [5, 5.41) is 0. The average molecular weight is 294 g/mol. The van der Waals surface area contributed by atoms with E-state index in [0.717, 1.165) is 38.1 Å². The van der Waals surface area contributed by atoms with Crippen molar-refractivity contribution in [3.8, 4) is 5.75 Å². The molecule has 1 amide bonds. The number of likely N-dealkylation sites (tertiary alicyclic amines) is 1. The molecule has 0 unspecified atom stereocenters. The van der Waals surface area contributed by atoms with Crippen LogP contribution < -0.4 is 10.5 Å². The number of rotatable bonds is 6. The third-order valence-electron chi connectivity index (χ3n) is 3.65. The van der Waals surface area contributed by atoms with Crippen molar-refractivity contribution in [2.45, 2.75) is 30.2 Å². The summed E-state index contributed by atoms with van der Waals surface area (Å²) in [7, 11) is 0. The Labute approximate surface area is 124 Å². The number of primary amides is 1. The highest BCUT2D eigenvalue weighted by molar-refractivity contribution is 7.98. The molecule has 1 saturated heterocycles. The van der Waals surface area contributed by atoms with E-state index in [1.54, 1.807) is 11.8 Å². The minimum atomic E-state index is -0.214. The second-order valence-corrected chi connectivity index (χ2v) is 5.85. The zero-order valence-corrected chi connectivity index (χ0v) is 12.7. The molecule has 0 aromatic heterocycles. The van der Waals surface area contributed by atoms with Gasteiger partial charge in [-0.15, -0.1) is 11.8 Å². The minimum absolute atomic E-state index is 0.119. The molecule has 0 radical (unpaired) electrons. The molecule has 1 aliphatic heterocycles. The second-order valence-electron chi connectivity index (χ2n) is 4.97. The van der Waals surface area contributed by atoms with E-state index >= 15 is 0 Å². The molecule has 20 heavy (non-hydrogen) atoms. The van der Waals surface area contributed by atoms with Gasteiger partial charge in [0, 0.05) is 11.4 Å². The van der Waals surface area contributed by atoms with Gasteiger partial charge in [0.25, 0.3) is 0 Å². The molecule has 0 bridgehead atoms. The monoisotopic (exact) mass is 294 g/mol. The number of carbonyl (C=O) groups is 1. The lowest BCUT2D eigenvalue weighted by atomic mass is 10.0. The first-order valence-corrected chi connectivity index (χ1v) is 8.23. The van der Waals surface area contributed by atoms with E-state index in [2.05, 4.69) is 11.2 Å². The Hall–Kier alpha value is -1.20. The van der Waals surface area contributed by atoms with Gasteiger partial charge in [-0.3, -0.25) is 9.69 Å². The predicted octanol–water partition coefficient (Wildman–Crippen LogP) is 2.13. The lowest BCUT2D eigenvalue weighted by Gasteiger charge is -2.33. The lowest BCUT2D eigenvalue weighted by Crippen LogP contribution is -2.48. The van der Waals surface area contributed by atoms with Crippen LogP contribution in [0.15, 0.2) is 29.2 Å². The van der Waals surface area contributed by atoms with Crippen LogP contribution >= 0.6 is 11.8 Å². The highest BCUT2D eigenvalue weighted by Crippen LogP contribution is 2.20. The van der Waals surface area contributed by atoms with Crippen LogP contribution in [0.1, 0.15) is 19.3 Å². The summed E-state index contributed by atoms with van der Waals surface area (Å²) >= 11 is 1.71. The number of ether oxygens (including phenoxy) is 1. The Kier molecular flexibility index (Phi) is 5.73. The molecule has 1 aromatic rings.